The van der Waals surface area contributed by atoms with Gasteiger partial charge in [-0.05, 0) is 74.0 Å². The molecule has 6 heteroatoms. The van der Waals surface area contributed by atoms with Crippen LogP contribution in [0.4, 0.5) is 4.79 Å². The molecule has 2 atom stereocenters. The minimum absolute atomic E-state index is 0. The number of amides is 1. The smallest absolute Gasteiger partial charge is 0.415 e. The van der Waals surface area contributed by atoms with Gasteiger partial charge in [-0.2, -0.15) is 0 Å². The molecule has 1 amide bonds. The molecule has 2 aromatic carbocycles. The van der Waals surface area contributed by atoms with Gasteiger partial charge in [0.05, 0.1) is 0 Å². The summed E-state index contributed by atoms with van der Waals surface area (Å²) in [7, 11) is 0. The maximum Gasteiger partial charge on any atom is 0.415 e. The van der Waals surface area contributed by atoms with E-state index in [0.29, 0.717) is 36.4 Å². The third-order valence-electron chi connectivity index (χ3n) is 6.72. The topological polar surface area (TPSA) is 64.8 Å². The summed E-state index contributed by atoms with van der Waals surface area (Å²) in [6, 6.07) is 16.8. The van der Waals surface area contributed by atoms with Crippen LogP contribution in [0.1, 0.15) is 46.5 Å². The lowest BCUT2D eigenvalue weighted by molar-refractivity contribution is -0.0285. The van der Waals surface area contributed by atoms with Crippen molar-refractivity contribution in [3.63, 3.8) is 0 Å². The van der Waals surface area contributed by atoms with E-state index in [2.05, 4.69) is 20.8 Å². The molecule has 2 unspecified atom stereocenters. The summed E-state index contributed by atoms with van der Waals surface area (Å²) in [6.45, 7) is 7.90. The molecule has 1 aliphatic rings. The number of piperidine rings is 1. The molecule has 0 radical (unpaired) electrons. The van der Waals surface area contributed by atoms with Gasteiger partial charge < -0.3 is 20.1 Å². The van der Waals surface area contributed by atoms with Crippen LogP contribution in [0.5, 0.6) is 17.2 Å². The van der Waals surface area contributed by atoms with Crippen LogP contribution in [-0.4, -0.2) is 29.6 Å². The van der Waals surface area contributed by atoms with Gasteiger partial charge in [0.1, 0.15) is 17.2 Å². The fraction of sp³-hybridized carbons (Fsp3) is 0.480. The van der Waals surface area contributed by atoms with Crippen molar-refractivity contribution in [3.8, 4) is 17.2 Å². The highest BCUT2D eigenvalue weighted by Crippen LogP contribution is 2.44. The third-order valence-corrected chi connectivity index (χ3v) is 6.72. The lowest BCUT2D eigenvalue weighted by Crippen LogP contribution is -2.62. The number of carbonyl (C=O) groups is 1. The molecule has 0 saturated carbocycles. The van der Waals surface area contributed by atoms with Gasteiger partial charge in [-0.25, -0.2) is 4.79 Å². The van der Waals surface area contributed by atoms with Crippen molar-refractivity contribution >= 4 is 30.1 Å². The van der Waals surface area contributed by atoms with Crippen LogP contribution in [0.2, 0.25) is 0 Å². The first-order valence-corrected chi connectivity index (χ1v) is 11.1. The van der Waals surface area contributed by atoms with Crippen molar-refractivity contribution in [2.45, 2.75) is 52.0 Å². The van der Waals surface area contributed by atoms with Gasteiger partial charge in [0.15, 0.2) is 0 Å². The van der Waals surface area contributed by atoms with E-state index in [4.69, 9.17) is 15.2 Å². The highest BCUT2D eigenvalue weighted by molar-refractivity contribution is 14.0. The minimum Gasteiger partial charge on any atom is -0.457 e. The van der Waals surface area contributed by atoms with E-state index in [1.165, 1.54) is 0 Å². The van der Waals surface area contributed by atoms with Crippen molar-refractivity contribution in [1.29, 1.82) is 0 Å². The fourth-order valence-electron chi connectivity index (χ4n) is 5.14. The summed E-state index contributed by atoms with van der Waals surface area (Å²) in [5, 5.41) is 0. The lowest BCUT2D eigenvalue weighted by Gasteiger charge is -2.54. The van der Waals surface area contributed by atoms with Gasteiger partial charge in [0.25, 0.3) is 0 Å². The molecular weight excluding hydrogens is 503 g/mol. The van der Waals surface area contributed by atoms with Crippen LogP contribution in [0, 0.1) is 11.8 Å². The van der Waals surface area contributed by atoms with Gasteiger partial charge in [0, 0.05) is 12.1 Å². The fourth-order valence-corrected chi connectivity index (χ4v) is 5.14. The molecule has 31 heavy (non-hydrogen) atoms. The maximum atomic E-state index is 13.2. The highest BCUT2D eigenvalue weighted by Gasteiger charge is 2.49. The number of ether oxygens (including phenoxy) is 2. The van der Waals surface area contributed by atoms with E-state index in [-0.39, 0.29) is 35.6 Å². The van der Waals surface area contributed by atoms with Crippen molar-refractivity contribution in [1.82, 2.24) is 4.90 Å². The van der Waals surface area contributed by atoms with E-state index in [0.717, 1.165) is 31.4 Å². The first-order chi connectivity index (χ1) is 14.6. The largest absolute Gasteiger partial charge is 0.457 e. The molecule has 1 saturated heterocycles. The van der Waals surface area contributed by atoms with Crippen molar-refractivity contribution in [3.05, 3.63) is 54.6 Å². The number of nitrogens with two attached hydrogens (primary N) is 1. The van der Waals surface area contributed by atoms with E-state index < -0.39 is 0 Å². The molecule has 5 nitrogen and oxygen atoms in total. The Balaban J connectivity index is 0.00000341. The number of benzene rings is 2. The summed E-state index contributed by atoms with van der Waals surface area (Å²) < 4.78 is 11.6. The number of rotatable bonds is 7. The zero-order chi connectivity index (χ0) is 21.6. The van der Waals surface area contributed by atoms with Crippen LogP contribution in [0.25, 0.3) is 0 Å². The van der Waals surface area contributed by atoms with Crippen LogP contribution in [0.15, 0.2) is 54.6 Å². The molecule has 1 aliphatic heterocycles. The zero-order valence-electron chi connectivity index (χ0n) is 18.8. The molecule has 170 valence electrons. The Morgan fingerprint density at radius 1 is 1.00 bits per heavy atom. The summed E-state index contributed by atoms with van der Waals surface area (Å²) in [4.78, 5) is 15.1. The molecule has 0 bridgehead atoms. The van der Waals surface area contributed by atoms with Gasteiger partial charge in [-0.1, -0.05) is 45.4 Å². The van der Waals surface area contributed by atoms with Gasteiger partial charge in [-0.15, -0.1) is 24.0 Å². The minimum atomic E-state index is -0.274. The Bertz CT molecular complexity index is 809. The van der Waals surface area contributed by atoms with Crippen LogP contribution < -0.4 is 15.2 Å². The summed E-state index contributed by atoms with van der Waals surface area (Å²) >= 11 is 0. The van der Waals surface area contributed by atoms with E-state index in [9.17, 15) is 4.79 Å². The Morgan fingerprint density at radius 3 is 2.13 bits per heavy atom. The average molecular weight is 538 g/mol. The lowest BCUT2D eigenvalue weighted by atomic mass is 9.66. The predicted octanol–water partition coefficient (Wildman–Crippen LogP) is 6.46. The molecule has 3 rings (SSSR count). The molecular formula is C25H35IN2O3. The molecule has 2 N–H and O–H groups in total. The second-order valence-corrected chi connectivity index (χ2v) is 8.02. The highest BCUT2D eigenvalue weighted by atomic mass is 127. The molecule has 0 spiro atoms. The maximum absolute atomic E-state index is 13.2. The number of hydrogen-bond donors (Lipinski definition) is 1. The Morgan fingerprint density at radius 2 is 1.58 bits per heavy atom. The SMILES string of the molecule is CCC1C(CN)CCN(C(=O)Oc2ccc(Oc3ccccc3)cc2)C1(CC)CC.I. The standard InChI is InChI=1S/C25H34N2O3.HI/c1-4-23-19(18-26)16-17-27(25(23,5-2)6-3)24(28)30-22-14-12-21(13-15-22)29-20-10-8-7-9-11-20;/h7-15,19,23H,4-6,16-18,26H2,1-3H3;1H. The van der Waals surface area contributed by atoms with E-state index in [1.54, 1.807) is 12.1 Å². The summed E-state index contributed by atoms with van der Waals surface area (Å²) in [5.74, 6) is 2.84. The van der Waals surface area contributed by atoms with Crippen molar-refractivity contribution in [2.75, 3.05) is 13.1 Å². The molecule has 1 heterocycles. The van der Waals surface area contributed by atoms with Gasteiger partial charge in [-0.3, -0.25) is 0 Å². The monoisotopic (exact) mass is 538 g/mol. The average Bonchev–Trinajstić information content (AvgIpc) is 2.79. The van der Waals surface area contributed by atoms with Crippen LogP contribution >= 0.6 is 24.0 Å². The van der Waals surface area contributed by atoms with E-state index >= 15 is 0 Å². The predicted molar refractivity (Wildman–Crippen MR) is 135 cm³/mol. The number of para-hydroxylation sites is 1. The second-order valence-electron chi connectivity index (χ2n) is 8.02. The number of halogens is 1. The van der Waals surface area contributed by atoms with E-state index in [1.807, 2.05) is 47.4 Å². The number of hydrogen-bond acceptors (Lipinski definition) is 4. The zero-order valence-corrected chi connectivity index (χ0v) is 21.1. The normalized spacial score (nSPS) is 19.9. The first-order valence-electron chi connectivity index (χ1n) is 11.1. The van der Waals surface area contributed by atoms with Crippen molar-refractivity contribution < 1.29 is 14.3 Å². The number of carbonyl (C=O) groups excluding carboxylic acids is 1. The Kier molecular flexibility index (Phi) is 9.62. The van der Waals surface area contributed by atoms with Gasteiger partial charge in [0.2, 0.25) is 0 Å². The Hall–Kier alpha value is -1.80. The first kappa shape index (κ1) is 25.5. The summed E-state index contributed by atoms with van der Waals surface area (Å²) in [5.41, 5.74) is 5.86. The molecule has 1 fully saturated rings. The summed E-state index contributed by atoms with van der Waals surface area (Å²) in [6.07, 6.45) is 3.47. The number of nitrogens with zero attached hydrogens (tertiary/aromatic N) is 1. The Labute approximate surface area is 203 Å². The number of likely N-dealkylation sites (tertiary alicyclic amines) is 1. The van der Waals surface area contributed by atoms with Crippen molar-refractivity contribution in [2.24, 2.45) is 17.6 Å². The third kappa shape index (κ3) is 5.52. The van der Waals surface area contributed by atoms with Gasteiger partial charge >= 0.3 is 6.09 Å². The molecule has 0 aliphatic carbocycles. The second kappa shape index (κ2) is 11.7. The molecule has 0 aromatic heterocycles. The van der Waals surface area contributed by atoms with Crippen LogP contribution in [-0.2, 0) is 0 Å². The quantitative estimate of drug-likeness (QED) is 0.411. The van der Waals surface area contributed by atoms with Crippen LogP contribution in [0.3, 0.4) is 0 Å². The molecule has 2 aromatic rings.